The van der Waals surface area contributed by atoms with E-state index >= 15 is 0 Å². The molecule has 2 aromatic rings. The molecule has 0 amide bonds. The molecule has 128 valence electrons. The van der Waals surface area contributed by atoms with Crippen LogP contribution in [0.5, 0.6) is 5.75 Å². The molecule has 0 unspecified atom stereocenters. The zero-order valence-corrected chi connectivity index (χ0v) is 14.4. The minimum Gasteiger partial charge on any atom is -0.507 e. The smallest absolute Gasteiger partial charge is 0.341 e. The largest absolute Gasteiger partial charge is 0.507 e. The lowest BCUT2D eigenvalue weighted by molar-refractivity contribution is 0.0597. The van der Waals surface area contributed by atoms with Crippen LogP contribution in [0.25, 0.3) is 0 Å². The van der Waals surface area contributed by atoms with E-state index in [4.69, 9.17) is 0 Å². The van der Waals surface area contributed by atoms with E-state index in [1.807, 2.05) is 4.72 Å². The van der Waals surface area contributed by atoms with E-state index in [2.05, 4.69) is 20.7 Å². The number of esters is 1. The normalized spacial score (nSPS) is 11.2. The molecule has 0 heterocycles. The Hall–Kier alpha value is -2.20. The number of rotatable bonds is 4. The lowest BCUT2D eigenvalue weighted by atomic mass is 10.2. The van der Waals surface area contributed by atoms with Crippen LogP contribution < -0.4 is 4.72 Å². The number of hydrogen-bond acceptors (Lipinski definition) is 5. The van der Waals surface area contributed by atoms with Crippen molar-refractivity contribution < 1.29 is 31.8 Å². The van der Waals surface area contributed by atoms with Crippen LogP contribution >= 0.6 is 15.9 Å². The van der Waals surface area contributed by atoms with Crippen LogP contribution in [0.2, 0.25) is 0 Å². The van der Waals surface area contributed by atoms with Crippen LogP contribution in [0.1, 0.15) is 10.4 Å². The van der Waals surface area contributed by atoms with Crippen molar-refractivity contribution in [2.75, 3.05) is 11.8 Å². The highest BCUT2D eigenvalue weighted by Crippen LogP contribution is 2.27. The van der Waals surface area contributed by atoms with E-state index in [1.54, 1.807) is 0 Å². The highest BCUT2D eigenvalue weighted by atomic mass is 79.9. The molecule has 10 heteroatoms. The van der Waals surface area contributed by atoms with Gasteiger partial charge in [0.15, 0.2) is 0 Å². The zero-order chi connectivity index (χ0) is 18.1. The monoisotopic (exact) mass is 421 g/mol. The van der Waals surface area contributed by atoms with Gasteiger partial charge >= 0.3 is 5.97 Å². The van der Waals surface area contributed by atoms with Crippen molar-refractivity contribution in [2.45, 2.75) is 4.90 Å². The third-order valence-corrected chi connectivity index (χ3v) is 4.92. The Labute approximate surface area is 144 Å². The fraction of sp³-hybridized carbons (Fsp3) is 0.0714. The van der Waals surface area contributed by atoms with Gasteiger partial charge in [-0.3, -0.25) is 4.72 Å². The minimum atomic E-state index is -4.39. The van der Waals surface area contributed by atoms with E-state index in [0.717, 1.165) is 25.3 Å². The molecule has 0 bridgehead atoms. The van der Waals surface area contributed by atoms with E-state index in [1.165, 1.54) is 6.07 Å². The molecule has 24 heavy (non-hydrogen) atoms. The maximum Gasteiger partial charge on any atom is 0.341 e. The van der Waals surface area contributed by atoms with E-state index in [-0.39, 0.29) is 15.7 Å². The van der Waals surface area contributed by atoms with Gasteiger partial charge in [-0.2, -0.15) is 0 Å². The summed E-state index contributed by atoms with van der Waals surface area (Å²) in [5.41, 5.74) is -0.295. The average Bonchev–Trinajstić information content (AvgIpc) is 2.49. The van der Waals surface area contributed by atoms with Gasteiger partial charge in [-0.15, -0.1) is 0 Å². The van der Waals surface area contributed by atoms with Crippen LogP contribution in [0.4, 0.5) is 14.5 Å². The van der Waals surface area contributed by atoms with Crippen molar-refractivity contribution in [1.82, 2.24) is 0 Å². The number of sulfonamides is 1. The van der Waals surface area contributed by atoms with Crippen molar-refractivity contribution >= 4 is 37.6 Å². The molecule has 0 aromatic heterocycles. The summed E-state index contributed by atoms with van der Waals surface area (Å²) in [7, 11) is -3.27. The Morgan fingerprint density at radius 3 is 2.46 bits per heavy atom. The van der Waals surface area contributed by atoms with Gasteiger partial charge in [0.05, 0.1) is 17.3 Å². The van der Waals surface area contributed by atoms with E-state index in [9.17, 15) is 27.1 Å². The van der Waals surface area contributed by atoms with Gasteiger partial charge < -0.3 is 9.84 Å². The molecule has 0 radical (unpaired) electrons. The van der Waals surface area contributed by atoms with Gasteiger partial charge in [-0.1, -0.05) is 0 Å². The second-order valence-corrected chi connectivity index (χ2v) is 7.03. The molecule has 2 aromatic carbocycles. The van der Waals surface area contributed by atoms with E-state index < -0.39 is 38.3 Å². The molecule has 2 rings (SSSR count). The number of benzene rings is 2. The van der Waals surface area contributed by atoms with Crippen molar-refractivity contribution in [3.63, 3.8) is 0 Å². The maximum absolute atomic E-state index is 13.7. The molecule has 0 fully saturated rings. The standard InChI is InChI=1S/C14H10BrF2NO5S/c1-23-14(20)8-3-2-7(4-12(8)19)18-24(21,22)13-5-9(15)10(16)6-11(13)17/h2-6,18-19H,1H3. The van der Waals surface area contributed by atoms with Crippen LogP contribution in [-0.2, 0) is 14.8 Å². The second-order valence-electron chi connectivity index (χ2n) is 4.53. The molecular formula is C14H10BrF2NO5S. The molecule has 0 saturated heterocycles. The number of phenolic OH excluding ortho intramolecular Hbond substituents is 1. The molecule has 0 aliphatic heterocycles. The predicted molar refractivity (Wildman–Crippen MR) is 84.3 cm³/mol. The van der Waals surface area contributed by atoms with Crippen molar-refractivity contribution in [2.24, 2.45) is 0 Å². The second kappa shape index (κ2) is 6.73. The Morgan fingerprint density at radius 2 is 1.88 bits per heavy atom. The summed E-state index contributed by atoms with van der Waals surface area (Å²) in [6.45, 7) is 0. The lowest BCUT2D eigenvalue weighted by Crippen LogP contribution is -2.15. The molecule has 2 N–H and O–H groups in total. The zero-order valence-electron chi connectivity index (χ0n) is 12.0. The third-order valence-electron chi connectivity index (χ3n) is 2.92. The average molecular weight is 422 g/mol. The maximum atomic E-state index is 13.7. The number of carbonyl (C=O) groups is 1. The number of carbonyl (C=O) groups excluding carboxylic acids is 1. The first kappa shape index (κ1) is 18.1. The van der Waals surface area contributed by atoms with Gasteiger partial charge in [-0.25, -0.2) is 22.0 Å². The lowest BCUT2D eigenvalue weighted by Gasteiger charge is -2.11. The summed E-state index contributed by atoms with van der Waals surface area (Å²) in [5.74, 6) is -3.57. The molecule has 0 saturated carbocycles. The topological polar surface area (TPSA) is 92.7 Å². The summed E-state index contributed by atoms with van der Waals surface area (Å²) < 4.78 is 57.6. The highest BCUT2D eigenvalue weighted by molar-refractivity contribution is 9.10. The van der Waals surface area contributed by atoms with Crippen LogP contribution in [-0.4, -0.2) is 26.6 Å². The Morgan fingerprint density at radius 1 is 1.21 bits per heavy atom. The van der Waals surface area contributed by atoms with Gasteiger partial charge in [0, 0.05) is 12.1 Å². The number of anilines is 1. The highest BCUT2D eigenvalue weighted by Gasteiger charge is 2.22. The van der Waals surface area contributed by atoms with Crippen molar-refractivity contribution in [3.05, 3.63) is 52.0 Å². The first-order valence-electron chi connectivity index (χ1n) is 6.24. The number of aromatic hydroxyl groups is 1. The quantitative estimate of drug-likeness (QED) is 0.584. The van der Waals surface area contributed by atoms with E-state index in [0.29, 0.717) is 6.07 Å². The number of methoxy groups -OCH3 is 1. The number of nitrogens with one attached hydrogen (secondary N) is 1. The van der Waals surface area contributed by atoms with Crippen LogP contribution in [0.3, 0.4) is 0 Å². The third kappa shape index (κ3) is 3.65. The molecule has 0 aliphatic carbocycles. The summed E-state index contributed by atoms with van der Waals surface area (Å²) in [5, 5.41) is 9.73. The molecule has 0 aliphatic rings. The SMILES string of the molecule is COC(=O)c1ccc(NS(=O)(=O)c2cc(Br)c(F)cc2F)cc1O. The van der Waals surface area contributed by atoms with Crippen LogP contribution in [0, 0.1) is 11.6 Å². The number of hydrogen-bond donors (Lipinski definition) is 2. The molecule has 6 nitrogen and oxygen atoms in total. The van der Waals surface area contributed by atoms with Crippen molar-refractivity contribution in [3.8, 4) is 5.75 Å². The minimum absolute atomic E-state index is 0.125. The summed E-state index contributed by atoms with van der Waals surface area (Å²) in [6.07, 6.45) is 0. The number of ether oxygens (including phenoxy) is 1. The Kier molecular flexibility index (Phi) is 5.09. The molecule has 0 atom stereocenters. The van der Waals surface area contributed by atoms with Gasteiger partial charge in [0.2, 0.25) is 0 Å². The fourth-order valence-electron chi connectivity index (χ4n) is 1.80. The van der Waals surface area contributed by atoms with Crippen molar-refractivity contribution in [1.29, 1.82) is 0 Å². The predicted octanol–water partition coefficient (Wildman–Crippen LogP) is 3.02. The summed E-state index contributed by atoms with van der Waals surface area (Å²) in [4.78, 5) is 10.6. The number of halogens is 3. The van der Waals surface area contributed by atoms with Gasteiger partial charge in [0.25, 0.3) is 10.0 Å². The van der Waals surface area contributed by atoms with Gasteiger partial charge in [-0.05, 0) is 34.1 Å². The first-order chi connectivity index (χ1) is 11.2. The Bertz CT molecular complexity index is 918. The number of phenols is 1. The molecular weight excluding hydrogens is 412 g/mol. The van der Waals surface area contributed by atoms with Gasteiger partial charge in [0.1, 0.15) is 27.8 Å². The summed E-state index contributed by atoms with van der Waals surface area (Å²) >= 11 is 2.78. The van der Waals surface area contributed by atoms with Crippen LogP contribution in [0.15, 0.2) is 39.7 Å². The Balaban J connectivity index is 2.38. The molecule has 0 spiro atoms. The first-order valence-corrected chi connectivity index (χ1v) is 8.52. The fourth-order valence-corrected chi connectivity index (χ4v) is 3.43. The summed E-state index contributed by atoms with van der Waals surface area (Å²) in [6, 6.07) is 4.47.